The molecule has 66 valence electrons. The number of thiocarbonyl (C=S) groups is 1. The topological polar surface area (TPSA) is 79.6 Å². The van der Waals surface area contributed by atoms with E-state index in [2.05, 4.69) is 20.7 Å². The first kappa shape index (κ1) is 7.93. The van der Waals surface area contributed by atoms with Gasteiger partial charge in [-0.25, -0.2) is 0 Å². The molecule has 0 aliphatic carbocycles. The molecular formula is C7H7N5S. The van der Waals surface area contributed by atoms with Crippen LogP contribution < -0.4 is 11.1 Å². The Labute approximate surface area is 79.3 Å². The monoisotopic (exact) mass is 193 g/mol. The van der Waals surface area contributed by atoms with Crippen LogP contribution in [0, 0.1) is 0 Å². The fourth-order valence-electron chi connectivity index (χ4n) is 1.10. The van der Waals surface area contributed by atoms with Crippen LogP contribution in [-0.4, -0.2) is 20.5 Å². The summed E-state index contributed by atoms with van der Waals surface area (Å²) in [6.45, 7) is 0. The normalized spacial score (nSPS) is 10.2. The number of fused-ring (bicyclic) bond motifs is 1. The van der Waals surface area contributed by atoms with Gasteiger partial charge in [0.1, 0.15) is 11.0 Å². The molecule has 1 aromatic heterocycles. The van der Waals surface area contributed by atoms with Crippen LogP contribution in [0.15, 0.2) is 18.2 Å². The van der Waals surface area contributed by atoms with E-state index in [1.54, 1.807) is 0 Å². The maximum Gasteiger partial charge on any atom is 0.168 e. The third-order valence-electron chi connectivity index (χ3n) is 1.60. The number of nitrogens with zero attached hydrogens (tertiary/aromatic N) is 2. The number of rotatable bonds is 1. The molecule has 0 saturated heterocycles. The number of hydrogen-bond acceptors (Lipinski definition) is 3. The zero-order chi connectivity index (χ0) is 9.26. The molecule has 1 heterocycles. The van der Waals surface area contributed by atoms with Crippen molar-refractivity contribution < 1.29 is 0 Å². The Bertz CT molecular complexity index is 449. The van der Waals surface area contributed by atoms with Crippen molar-refractivity contribution in [2.24, 2.45) is 5.73 Å². The summed E-state index contributed by atoms with van der Waals surface area (Å²) in [6, 6.07) is 5.54. The molecule has 5 nitrogen and oxygen atoms in total. The SMILES string of the molecule is NC(=S)Nc1cccc2n[nH]nc12. The number of benzene rings is 1. The van der Waals surface area contributed by atoms with Crippen LogP contribution >= 0.6 is 12.2 Å². The Morgan fingerprint density at radius 3 is 3.08 bits per heavy atom. The zero-order valence-corrected chi connectivity index (χ0v) is 7.43. The summed E-state index contributed by atoms with van der Waals surface area (Å²) in [7, 11) is 0. The van der Waals surface area contributed by atoms with E-state index in [1.807, 2.05) is 18.2 Å². The maximum atomic E-state index is 5.35. The molecule has 0 amide bonds. The molecule has 0 radical (unpaired) electrons. The summed E-state index contributed by atoms with van der Waals surface area (Å²) >= 11 is 4.72. The van der Waals surface area contributed by atoms with Gasteiger partial charge in [0.05, 0.1) is 5.69 Å². The van der Waals surface area contributed by atoms with Gasteiger partial charge in [-0.3, -0.25) is 0 Å². The molecule has 0 saturated carbocycles. The van der Waals surface area contributed by atoms with Crippen LogP contribution in [0.1, 0.15) is 0 Å². The van der Waals surface area contributed by atoms with Gasteiger partial charge in [0.2, 0.25) is 0 Å². The summed E-state index contributed by atoms with van der Waals surface area (Å²) in [5, 5.41) is 13.5. The number of anilines is 1. The van der Waals surface area contributed by atoms with Gasteiger partial charge in [-0.1, -0.05) is 6.07 Å². The number of aromatic amines is 1. The van der Waals surface area contributed by atoms with Gasteiger partial charge < -0.3 is 11.1 Å². The predicted molar refractivity (Wildman–Crippen MR) is 54.3 cm³/mol. The average molecular weight is 193 g/mol. The Morgan fingerprint density at radius 1 is 1.46 bits per heavy atom. The second-order valence-corrected chi connectivity index (χ2v) is 2.93. The lowest BCUT2D eigenvalue weighted by molar-refractivity contribution is 0.959. The van der Waals surface area contributed by atoms with Crippen molar-refractivity contribution in [2.45, 2.75) is 0 Å². The summed E-state index contributed by atoms with van der Waals surface area (Å²) in [6.07, 6.45) is 0. The van der Waals surface area contributed by atoms with Crippen LogP contribution in [0.2, 0.25) is 0 Å². The number of H-pyrrole nitrogens is 1. The minimum absolute atomic E-state index is 0.218. The minimum atomic E-state index is 0.218. The van der Waals surface area contributed by atoms with E-state index < -0.39 is 0 Å². The van der Waals surface area contributed by atoms with Crippen molar-refractivity contribution in [2.75, 3.05) is 5.32 Å². The van der Waals surface area contributed by atoms with E-state index in [9.17, 15) is 0 Å². The van der Waals surface area contributed by atoms with Crippen LogP contribution in [0.3, 0.4) is 0 Å². The number of para-hydroxylation sites is 1. The molecule has 0 bridgehead atoms. The third kappa shape index (κ3) is 1.43. The van der Waals surface area contributed by atoms with Crippen molar-refractivity contribution in [3.8, 4) is 0 Å². The van der Waals surface area contributed by atoms with Gasteiger partial charge in [0.15, 0.2) is 5.11 Å². The number of hydrogen-bond donors (Lipinski definition) is 3. The Morgan fingerprint density at radius 2 is 2.31 bits per heavy atom. The van der Waals surface area contributed by atoms with Crippen molar-refractivity contribution in [3.05, 3.63) is 18.2 Å². The van der Waals surface area contributed by atoms with E-state index in [0.717, 1.165) is 16.7 Å². The Kier molecular flexibility index (Phi) is 1.82. The highest BCUT2D eigenvalue weighted by Crippen LogP contribution is 2.17. The van der Waals surface area contributed by atoms with Gasteiger partial charge in [0, 0.05) is 0 Å². The number of aromatic nitrogens is 3. The molecule has 0 spiro atoms. The smallest absolute Gasteiger partial charge is 0.168 e. The molecule has 13 heavy (non-hydrogen) atoms. The first-order valence-electron chi connectivity index (χ1n) is 3.63. The molecule has 0 fully saturated rings. The van der Waals surface area contributed by atoms with Gasteiger partial charge in [-0.2, -0.15) is 15.4 Å². The van der Waals surface area contributed by atoms with Gasteiger partial charge in [-0.15, -0.1) is 0 Å². The molecule has 0 atom stereocenters. The highest BCUT2D eigenvalue weighted by atomic mass is 32.1. The Balaban J connectivity index is 2.54. The summed E-state index contributed by atoms with van der Waals surface area (Å²) in [4.78, 5) is 0. The third-order valence-corrected chi connectivity index (χ3v) is 1.71. The first-order chi connectivity index (χ1) is 6.27. The second kappa shape index (κ2) is 2.98. The molecule has 0 unspecified atom stereocenters. The van der Waals surface area contributed by atoms with Gasteiger partial charge >= 0.3 is 0 Å². The van der Waals surface area contributed by atoms with Crippen LogP contribution in [0.4, 0.5) is 5.69 Å². The molecule has 2 rings (SSSR count). The number of nitrogens with two attached hydrogens (primary N) is 1. The van der Waals surface area contributed by atoms with Crippen molar-refractivity contribution in [1.82, 2.24) is 15.4 Å². The zero-order valence-electron chi connectivity index (χ0n) is 6.61. The van der Waals surface area contributed by atoms with Gasteiger partial charge in [0.25, 0.3) is 0 Å². The van der Waals surface area contributed by atoms with E-state index in [0.29, 0.717) is 0 Å². The summed E-state index contributed by atoms with van der Waals surface area (Å²) < 4.78 is 0. The standard InChI is InChI=1S/C7H7N5S/c8-7(13)9-4-2-1-3-5-6(4)11-12-10-5/h1-3H,(H3,8,9,13)(H,10,11,12). The maximum absolute atomic E-state index is 5.35. The first-order valence-corrected chi connectivity index (χ1v) is 4.04. The molecule has 0 aliphatic heterocycles. The quantitative estimate of drug-likeness (QED) is 0.578. The highest BCUT2D eigenvalue weighted by Gasteiger charge is 2.03. The van der Waals surface area contributed by atoms with Gasteiger partial charge in [-0.05, 0) is 24.4 Å². The predicted octanol–water partition coefficient (Wildman–Crippen LogP) is 0.613. The van der Waals surface area contributed by atoms with Crippen molar-refractivity contribution >= 4 is 34.1 Å². The van der Waals surface area contributed by atoms with E-state index in [1.165, 1.54) is 0 Å². The van der Waals surface area contributed by atoms with Crippen molar-refractivity contribution in [1.29, 1.82) is 0 Å². The molecule has 1 aromatic carbocycles. The fraction of sp³-hybridized carbons (Fsp3) is 0. The molecular weight excluding hydrogens is 186 g/mol. The highest BCUT2D eigenvalue weighted by molar-refractivity contribution is 7.80. The molecule has 0 aliphatic rings. The van der Waals surface area contributed by atoms with Crippen molar-refractivity contribution in [3.63, 3.8) is 0 Å². The molecule has 6 heteroatoms. The van der Waals surface area contributed by atoms with E-state index >= 15 is 0 Å². The minimum Gasteiger partial charge on any atom is -0.376 e. The Hall–Kier alpha value is -1.69. The largest absolute Gasteiger partial charge is 0.376 e. The lowest BCUT2D eigenvalue weighted by Crippen LogP contribution is -2.18. The summed E-state index contributed by atoms with van der Waals surface area (Å²) in [5.74, 6) is 0. The average Bonchev–Trinajstić information content (AvgIpc) is 2.51. The van der Waals surface area contributed by atoms with Crippen LogP contribution in [0.5, 0.6) is 0 Å². The lowest BCUT2D eigenvalue weighted by atomic mass is 10.3. The second-order valence-electron chi connectivity index (χ2n) is 2.49. The number of nitrogens with one attached hydrogen (secondary N) is 2. The molecule has 4 N–H and O–H groups in total. The van der Waals surface area contributed by atoms with E-state index in [-0.39, 0.29) is 5.11 Å². The van der Waals surface area contributed by atoms with E-state index in [4.69, 9.17) is 18.0 Å². The van der Waals surface area contributed by atoms with Crippen LogP contribution in [-0.2, 0) is 0 Å². The van der Waals surface area contributed by atoms with Crippen LogP contribution in [0.25, 0.3) is 11.0 Å². The lowest BCUT2D eigenvalue weighted by Gasteiger charge is -2.02. The molecule has 2 aromatic rings. The fourth-order valence-corrected chi connectivity index (χ4v) is 1.21. The summed E-state index contributed by atoms with van der Waals surface area (Å²) in [5.41, 5.74) is 7.62.